The molecule has 108 valence electrons. The van der Waals surface area contributed by atoms with E-state index in [2.05, 4.69) is 25.2 Å². The number of carbonyl (C=O) groups excluding carboxylic acids is 1. The topological polar surface area (TPSA) is 55.1 Å². The smallest absolute Gasteiger partial charge is 0.244 e. The van der Waals surface area contributed by atoms with Crippen molar-refractivity contribution in [1.82, 2.24) is 5.32 Å². The first-order valence-corrected chi connectivity index (χ1v) is 7.25. The number of nitrogens with two attached hydrogens (primary N) is 1. The Labute approximate surface area is 117 Å². The van der Waals surface area contributed by atoms with Gasteiger partial charge in [0.25, 0.3) is 0 Å². The third kappa shape index (κ3) is 7.50. The summed E-state index contributed by atoms with van der Waals surface area (Å²) in [5, 5.41) is 2.80. The average Bonchev–Trinajstić information content (AvgIpc) is 2.42. The van der Waals surface area contributed by atoms with Gasteiger partial charge in [-0.05, 0) is 30.9 Å². The van der Waals surface area contributed by atoms with Crippen LogP contribution in [0.5, 0.6) is 0 Å². The quantitative estimate of drug-likeness (QED) is 0.821. The maximum Gasteiger partial charge on any atom is 0.244 e. The molecule has 3 N–H and O–H groups in total. The Hall–Kier alpha value is -1.51. The van der Waals surface area contributed by atoms with E-state index in [0.29, 0.717) is 12.2 Å². The van der Waals surface area contributed by atoms with E-state index in [-0.39, 0.29) is 11.8 Å². The average molecular weight is 264 g/mol. The molecule has 0 aromatic rings. The molecular weight excluding hydrogens is 236 g/mol. The number of unbranched alkanes of at least 4 members (excludes halogenated alkanes) is 1. The third-order valence-electron chi connectivity index (χ3n) is 2.91. The van der Waals surface area contributed by atoms with Gasteiger partial charge in [0.05, 0.1) is 0 Å². The molecule has 1 aliphatic heterocycles. The molecule has 3 nitrogen and oxygen atoms in total. The van der Waals surface area contributed by atoms with Crippen LogP contribution in [0.4, 0.5) is 0 Å². The Morgan fingerprint density at radius 2 is 2.11 bits per heavy atom. The molecule has 1 rings (SSSR count). The molecule has 1 aliphatic rings. The van der Waals surface area contributed by atoms with Crippen LogP contribution in [0.1, 0.15) is 47.0 Å². The molecule has 0 radical (unpaired) electrons. The van der Waals surface area contributed by atoms with Crippen LogP contribution >= 0.6 is 0 Å². The van der Waals surface area contributed by atoms with Gasteiger partial charge in [0, 0.05) is 18.3 Å². The number of hydrogen-bond acceptors (Lipinski definition) is 2. The fourth-order valence-corrected chi connectivity index (χ4v) is 1.75. The van der Waals surface area contributed by atoms with Gasteiger partial charge in [0.2, 0.25) is 5.91 Å². The highest BCUT2D eigenvalue weighted by Gasteiger charge is 2.08. The Morgan fingerprint density at radius 3 is 2.74 bits per heavy atom. The van der Waals surface area contributed by atoms with E-state index in [1.165, 1.54) is 5.57 Å². The third-order valence-corrected chi connectivity index (χ3v) is 2.91. The fraction of sp³-hybridized carbons (Fsp3) is 0.562. The molecule has 19 heavy (non-hydrogen) atoms. The molecule has 1 heterocycles. The molecule has 0 fully saturated rings. The highest BCUT2D eigenvalue weighted by atomic mass is 16.1. The Kier molecular flexibility index (Phi) is 9.59. The summed E-state index contributed by atoms with van der Waals surface area (Å²) < 4.78 is 0. The molecule has 0 saturated carbocycles. The van der Waals surface area contributed by atoms with Crippen LogP contribution in [0.2, 0.25) is 0 Å². The van der Waals surface area contributed by atoms with Crippen molar-refractivity contribution in [3.8, 4) is 0 Å². The minimum absolute atomic E-state index is 0.0256. The van der Waals surface area contributed by atoms with Crippen molar-refractivity contribution in [1.29, 1.82) is 0 Å². The minimum atomic E-state index is -0.0256. The zero-order chi connectivity index (χ0) is 14.7. The molecule has 3 heteroatoms. The number of hydrogen-bond donors (Lipinski definition) is 2. The van der Waals surface area contributed by atoms with Crippen LogP contribution in [0.25, 0.3) is 0 Å². The maximum atomic E-state index is 11.6. The van der Waals surface area contributed by atoms with E-state index < -0.39 is 0 Å². The molecule has 1 unspecified atom stereocenters. The van der Waals surface area contributed by atoms with Crippen molar-refractivity contribution in [3.05, 3.63) is 35.6 Å². The molecule has 0 aromatic carbocycles. The van der Waals surface area contributed by atoms with E-state index in [4.69, 9.17) is 5.73 Å². The number of amides is 1. The maximum absolute atomic E-state index is 11.6. The predicted octanol–water partition coefficient (Wildman–Crippen LogP) is 3.29. The molecule has 0 spiro atoms. The lowest BCUT2D eigenvalue weighted by molar-refractivity contribution is -0.116. The Morgan fingerprint density at radius 1 is 1.42 bits per heavy atom. The van der Waals surface area contributed by atoms with Gasteiger partial charge in [-0.3, -0.25) is 4.79 Å². The summed E-state index contributed by atoms with van der Waals surface area (Å²) in [6.45, 7) is 8.74. The normalized spacial score (nSPS) is 26.7. The van der Waals surface area contributed by atoms with Gasteiger partial charge in [0.15, 0.2) is 0 Å². The Balaban J connectivity index is 0.00000154. The number of rotatable bonds is 3. The largest absolute Gasteiger partial charge is 0.399 e. The zero-order valence-corrected chi connectivity index (χ0v) is 12.7. The van der Waals surface area contributed by atoms with Gasteiger partial charge >= 0.3 is 0 Å². The number of allylic oxidation sites excluding steroid dienone is 3. The summed E-state index contributed by atoms with van der Waals surface area (Å²) in [6.07, 6.45) is 10.7. The lowest BCUT2D eigenvalue weighted by Crippen LogP contribution is -2.23. The van der Waals surface area contributed by atoms with E-state index in [0.717, 1.165) is 19.3 Å². The summed E-state index contributed by atoms with van der Waals surface area (Å²) in [7, 11) is 0. The first-order chi connectivity index (χ1) is 9.13. The summed E-state index contributed by atoms with van der Waals surface area (Å²) in [5.74, 6) is 0.236. The molecular formula is C16H28N2O. The van der Waals surface area contributed by atoms with E-state index in [9.17, 15) is 4.79 Å². The zero-order valence-electron chi connectivity index (χ0n) is 12.7. The molecule has 0 aromatic heterocycles. The molecule has 1 amide bonds. The van der Waals surface area contributed by atoms with Crippen LogP contribution < -0.4 is 11.1 Å². The predicted molar refractivity (Wildman–Crippen MR) is 82.5 cm³/mol. The van der Waals surface area contributed by atoms with Crippen molar-refractivity contribution < 1.29 is 4.79 Å². The molecule has 0 saturated heterocycles. The van der Waals surface area contributed by atoms with Crippen LogP contribution in [-0.4, -0.2) is 12.5 Å². The van der Waals surface area contributed by atoms with Crippen molar-refractivity contribution in [2.24, 2.45) is 11.7 Å². The molecule has 0 aliphatic carbocycles. The lowest BCUT2D eigenvalue weighted by Gasteiger charge is -2.13. The van der Waals surface area contributed by atoms with Crippen molar-refractivity contribution in [2.75, 3.05) is 6.54 Å². The lowest BCUT2D eigenvalue weighted by atomic mass is 9.94. The van der Waals surface area contributed by atoms with Gasteiger partial charge in [-0.1, -0.05) is 45.8 Å². The van der Waals surface area contributed by atoms with Gasteiger partial charge < -0.3 is 11.1 Å². The van der Waals surface area contributed by atoms with E-state index in [1.807, 2.05) is 26.0 Å². The van der Waals surface area contributed by atoms with Crippen molar-refractivity contribution in [3.63, 3.8) is 0 Å². The summed E-state index contributed by atoms with van der Waals surface area (Å²) in [4.78, 5) is 11.6. The summed E-state index contributed by atoms with van der Waals surface area (Å²) in [5.41, 5.74) is 7.66. The SMILES string of the molecule is CC.CCCC/C1=C/C(=O)NC/C=C(N)\C=C/C1C. The van der Waals surface area contributed by atoms with Gasteiger partial charge in [-0.15, -0.1) is 0 Å². The van der Waals surface area contributed by atoms with Gasteiger partial charge in [0.1, 0.15) is 0 Å². The van der Waals surface area contributed by atoms with E-state index in [1.54, 1.807) is 6.08 Å². The molecule has 1 atom stereocenters. The summed E-state index contributed by atoms with van der Waals surface area (Å²) in [6, 6.07) is 0. The van der Waals surface area contributed by atoms with Crippen molar-refractivity contribution in [2.45, 2.75) is 47.0 Å². The van der Waals surface area contributed by atoms with Crippen molar-refractivity contribution >= 4 is 5.91 Å². The highest BCUT2D eigenvalue weighted by Crippen LogP contribution is 2.19. The number of nitrogens with one attached hydrogen (secondary N) is 1. The molecule has 0 bridgehead atoms. The van der Waals surface area contributed by atoms with Crippen LogP contribution in [-0.2, 0) is 4.79 Å². The second-order valence-electron chi connectivity index (χ2n) is 4.42. The monoisotopic (exact) mass is 264 g/mol. The number of carbonyl (C=O) groups is 1. The van der Waals surface area contributed by atoms with Gasteiger partial charge in [-0.25, -0.2) is 0 Å². The van der Waals surface area contributed by atoms with E-state index >= 15 is 0 Å². The standard InChI is InChI=1S/C14H22N2O.C2H6/c1-3-4-5-12-10-14(17)16-9-8-13(15)7-6-11(12)2;1-2/h6-8,10-11H,3-5,9,15H2,1-2H3,(H,16,17);1-2H3/b7-6-,12-10-,13-8+;. The fourth-order valence-electron chi connectivity index (χ4n) is 1.75. The van der Waals surface area contributed by atoms with Crippen LogP contribution in [0.15, 0.2) is 35.6 Å². The van der Waals surface area contributed by atoms with Gasteiger partial charge in [-0.2, -0.15) is 0 Å². The Bertz CT molecular complexity index is 354. The minimum Gasteiger partial charge on any atom is -0.399 e. The highest BCUT2D eigenvalue weighted by molar-refractivity contribution is 5.88. The summed E-state index contributed by atoms with van der Waals surface area (Å²) >= 11 is 0. The second kappa shape index (κ2) is 10.4. The van der Waals surface area contributed by atoms with Crippen LogP contribution in [0.3, 0.4) is 0 Å². The first-order valence-electron chi connectivity index (χ1n) is 7.25. The van der Waals surface area contributed by atoms with Crippen LogP contribution in [0, 0.1) is 5.92 Å². The second-order valence-corrected chi connectivity index (χ2v) is 4.42. The first kappa shape index (κ1) is 17.5.